The maximum atomic E-state index is 11.4. The van der Waals surface area contributed by atoms with Gasteiger partial charge in [0, 0.05) is 28.7 Å². The number of carbonyl (C=O) groups excluding carboxylic acids is 1. The number of nitro benzene ring substituents is 1. The zero-order valence-electron chi connectivity index (χ0n) is 13.4. The quantitative estimate of drug-likeness (QED) is 0.281. The molecule has 0 unspecified atom stereocenters. The Labute approximate surface area is 147 Å². The number of nitrogens with zero attached hydrogens (tertiary/aromatic N) is 2. The number of benzene rings is 2. The van der Waals surface area contributed by atoms with Crippen LogP contribution in [0.2, 0.25) is 0 Å². The van der Waals surface area contributed by atoms with Gasteiger partial charge in [-0.3, -0.25) is 14.9 Å². The predicted octanol–water partition coefficient (Wildman–Crippen LogP) is 3.21. The van der Waals surface area contributed by atoms with Gasteiger partial charge in [0.25, 0.3) is 11.6 Å². The molecule has 3 aromatic rings. The molecule has 1 aromatic heterocycles. The molecule has 0 saturated heterocycles. The fourth-order valence-electron chi connectivity index (χ4n) is 2.52. The van der Waals surface area contributed by atoms with Crippen LogP contribution in [0.4, 0.5) is 17.1 Å². The second kappa shape index (κ2) is 6.78. The Balaban J connectivity index is 2.09. The number of nitrogens with one attached hydrogen (secondary N) is 2. The average Bonchev–Trinajstić information content (AvgIpc) is 2.97. The highest BCUT2D eigenvalue weighted by molar-refractivity contribution is 6.04. The Bertz CT molecular complexity index is 1070. The molecule has 128 valence electrons. The molecule has 0 fully saturated rings. The Kier molecular flexibility index (Phi) is 4.36. The number of hydrogen-bond donors (Lipinski definition) is 3. The molecule has 2 aromatic carbocycles. The number of anilines is 2. The SMILES string of the molecule is N#C/C(=C\c1[nH]c2ccccc2c1Nc1ccc([N+](=O)[O-])cc1)C(N)=O. The van der Waals surface area contributed by atoms with E-state index in [0.717, 1.165) is 10.9 Å². The molecule has 0 radical (unpaired) electrons. The minimum absolute atomic E-state index is 0.0184. The van der Waals surface area contributed by atoms with Gasteiger partial charge < -0.3 is 16.0 Å². The van der Waals surface area contributed by atoms with Crippen molar-refractivity contribution < 1.29 is 9.72 Å². The van der Waals surface area contributed by atoms with Crippen molar-refractivity contribution in [3.63, 3.8) is 0 Å². The van der Waals surface area contributed by atoms with Crippen LogP contribution in [-0.4, -0.2) is 15.8 Å². The third-order valence-electron chi connectivity index (χ3n) is 3.76. The Morgan fingerprint density at radius 1 is 1.23 bits per heavy atom. The highest BCUT2D eigenvalue weighted by Crippen LogP contribution is 2.32. The summed E-state index contributed by atoms with van der Waals surface area (Å²) in [5.74, 6) is -0.826. The molecule has 0 aliphatic carbocycles. The van der Waals surface area contributed by atoms with Crippen molar-refractivity contribution in [1.82, 2.24) is 4.98 Å². The first-order valence-corrected chi connectivity index (χ1v) is 7.53. The summed E-state index contributed by atoms with van der Waals surface area (Å²) in [5, 5.41) is 23.9. The van der Waals surface area contributed by atoms with E-state index in [4.69, 9.17) is 11.0 Å². The summed E-state index contributed by atoms with van der Waals surface area (Å²) in [6, 6.07) is 15.1. The Morgan fingerprint density at radius 3 is 2.54 bits per heavy atom. The molecule has 0 atom stereocenters. The number of para-hydroxylation sites is 1. The summed E-state index contributed by atoms with van der Waals surface area (Å²) < 4.78 is 0. The number of nitrogens with two attached hydrogens (primary N) is 1. The van der Waals surface area contributed by atoms with Gasteiger partial charge in [-0.1, -0.05) is 18.2 Å². The maximum Gasteiger partial charge on any atom is 0.269 e. The monoisotopic (exact) mass is 347 g/mol. The van der Waals surface area contributed by atoms with Crippen LogP contribution in [-0.2, 0) is 4.79 Å². The molecule has 0 bridgehead atoms. The van der Waals surface area contributed by atoms with Crippen molar-refractivity contribution in [2.24, 2.45) is 5.73 Å². The minimum Gasteiger partial charge on any atom is -0.365 e. The van der Waals surface area contributed by atoms with Crippen LogP contribution in [0.3, 0.4) is 0 Å². The second-order valence-electron chi connectivity index (χ2n) is 5.42. The van der Waals surface area contributed by atoms with Crippen molar-refractivity contribution >= 4 is 39.9 Å². The number of H-pyrrole nitrogens is 1. The highest BCUT2D eigenvalue weighted by Gasteiger charge is 2.13. The summed E-state index contributed by atoms with van der Waals surface area (Å²) >= 11 is 0. The number of non-ortho nitro benzene ring substituents is 1. The number of nitriles is 1. The number of primary amides is 1. The number of aromatic amines is 1. The molecule has 1 amide bonds. The summed E-state index contributed by atoms with van der Waals surface area (Å²) in [6.45, 7) is 0. The van der Waals surface area contributed by atoms with Gasteiger partial charge in [-0.25, -0.2) is 0 Å². The molecule has 3 rings (SSSR count). The molecular weight excluding hydrogens is 334 g/mol. The predicted molar refractivity (Wildman–Crippen MR) is 97.5 cm³/mol. The molecule has 26 heavy (non-hydrogen) atoms. The van der Waals surface area contributed by atoms with E-state index >= 15 is 0 Å². The first kappa shape index (κ1) is 16.7. The van der Waals surface area contributed by atoms with Gasteiger partial charge in [-0.2, -0.15) is 5.26 Å². The molecule has 8 nitrogen and oxygen atoms in total. The van der Waals surface area contributed by atoms with Gasteiger partial charge in [-0.05, 0) is 24.3 Å². The topological polar surface area (TPSA) is 138 Å². The van der Waals surface area contributed by atoms with Crippen LogP contribution in [0.1, 0.15) is 5.69 Å². The van der Waals surface area contributed by atoms with E-state index in [1.165, 1.54) is 18.2 Å². The lowest BCUT2D eigenvalue weighted by atomic mass is 10.1. The molecule has 4 N–H and O–H groups in total. The summed E-state index contributed by atoms with van der Waals surface area (Å²) in [5.41, 5.74) is 7.54. The molecule has 0 saturated carbocycles. The van der Waals surface area contributed by atoms with Crippen LogP contribution >= 0.6 is 0 Å². The average molecular weight is 347 g/mol. The Hall–Kier alpha value is -4.12. The van der Waals surface area contributed by atoms with Crippen molar-refractivity contribution in [2.75, 3.05) is 5.32 Å². The number of rotatable bonds is 5. The van der Waals surface area contributed by atoms with Crippen LogP contribution in [0.15, 0.2) is 54.1 Å². The molecule has 0 spiro atoms. The van der Waals surface area contributed by atoms with E-state index in [0.29, 0.717) is 17.1 Å². The summed E-state index contributed by atoms with van der Waals surface area (Å²) in [7, 11) is 0. The summed E-state index contributed by atoms with van der Waals surface area (Å²) in [6.07, 6.45) is 1.37. The van der Waals surface area contributed by atoms with E-state index < -0.39 is 10.8 Å². The van der Waals surface area contributed by atoms with E-state index in [2.05, 4.69) is 10.3 Å². The number of nitro groups is 1. The molecule has 0 aliphatic heterocycles. The Morgan fingerprint density at radius 2 is 1.92 bits per heavy atom. The van der Waals surface area contributed by atoms with Gasteiger partial charge in [0.05, 0.1) is 16.3 Å². The van der Waals surface area contributed by atoms with Crippen LogP contribution in [0.5, 0.6) is 0 Å². The van der Waals surface area contributed by atoms with E-state index in [-0.39, 0.29) is 11.3 Å². The van der Waals surface area contributed by atoms with E-state index in [1.54, 1.807) is 18.2 Å². The van der Waals surface area contributed by atoms with E-state index in [1.807, 2.05) is 24.3 Å². The fraction of sp³-hybridized carbons (Fsp3) is 0. The van der Waals surface area contributed by atoms with Crippen LogP contribution < -0.4 is 11.1 Å². The molecule has 1 heterocycles. The third kappa shape index (κ3) is 3.22. The summed E-state index contributed by atoms with van der Waals surface area (Å²) in [4.78, 5) is 24.8. The number of aromatic nitrogens is 1. The minimum atomic E-state index is -0.826. The highest BCUT2D eigenvalue weighted by atomic mass is 16.6. The van der Waals surface area contributed by atoms with Gasteiger partial charge in [0.2, 0.25) is 0 Å². The number of carbonyl (C=O) groups is 1. The van der Waals surface area contributed by atoms with Crippen molar-refractivity contribution in [3.8, 4) is 6.07 Å². The van der Waals surface area contributed by atoms with Gasteiger partial charge in [0.1, 0.15) is 11.6 Å². The van der Waals surface area contributed by atoms with Crippen LogP contribution in [0.25, 0.3) is 17.0 Å². The van der Waals surface area contributed by atoms with Crippen LogP contribution in [0, 0.1) is 21.4 Å². The number of fused-ring (bicyclic) bond motifs is 1. The number of amides is 1. The van der Waals surface area contributed by atoms with Gasteiger partial charge in [-0.15, -0.1) is 0 Å². The normalized spacial score (nSPS) is 11.1. The lowest BCUT2D eigenvalue weighted by Gasteiger charge is -2.07. The third-order valence-corrected chi connectivity index (χ3v) is 3.76. The van der Waals surface area contributed by atoms with Crippen molar-refractivity contribution in [1.29, 1.82) is 5.26 Å². The maximum absolute atomic E-state index is 11.4. The largest absolute Gasteiger partial charge is 0.365 e. The molecule has 0 aliphatic rings. The van der Waals surface area contributed by atoms with Gasteiger partial charge in [0.15, 0.2) is 0 Å². The lowest BCUT2D eigenvalue weighted by molar-refractivity contribution is -0.384. The first-order valence-electron chi connectivity index (χ1n) is 7.53. The second-order valence-corrected chi connectivity index (χ2v) is 5.42. The lowest BCUT2D eigenvalue weighted by Crippen LogP contribution is -2.12. The zero-order valence-corrected chi connectivity index (χ0v) is 13.4. The molecular formula is C18H13N5O3. The standard InChI is InChI=1S/C18H13N5O3/c19-10-11(18(20)24)9-16-17(14-3-1-2-4-15(14)22-16)21-12-5-7-13(8-6-12)23(25)26/h1-9,21-22H,(H2,20,24)/b11-9+. The van der Waals surface area contributed by atoms with Gasteiger partial charge >= 0.3 is 0 Å². The zero-order chi connectivity index (χ0) is 18.7. The van der Waals surface area contributed by atoms with E-state index in [9.17, 15) is 14.9 Å². The number of hydrogen-bond acceptors (Lipinski definition) is 5. The fourth-order valence-corrected chi connectivity index (χ4v) is 2.52. The first-order chi connectivity index (χ1) is 12.5. The van der Waals surface area contributed by atoms with Crippen molar-refractivity contribution in [3.05, 3.63) is 69.9 Å². The van der Waals surface area contributed by atoms with Crippen molar-refractivity contribution in [2.45, 2.75) is 0 Å². The smallest absolute Gasteiger partial charge is 0.269 e. The molecule has 8 heteroatoms.